The van der Waals surface area contributed by atoms with Crippen LogP contribution in [0.2, 0.25) is 0 Å². The molecule has 0 fully saturated rings. The average molecular weight is 202 g/mol. The zero-order valence-corrected chi connectivity index (χ0v) is 8.77. The van der Waals surface area contributed by atoms with Gasteiger partial charge in [-0.15, -0.1) is 6.42 Å². The Morgan fingerprint density at radius 2 is 1.50 bits per heavy atom. The summed E-state index contributed by atoms with van der Waals surface area (Å²) in [4.78, 5) is 0. The zero-order valence-electron chi connectivity index (χ0n) is 8.77. The van der Waals surface area contributed by atoms with Crippen LogP contribution >= 0.6 is 0 Å². The zero-order chi connectivity index (χ0) is 11.0. The third-order valence-corrected chi connectivity index (χ3v) is 2.91. The van der Waals surface area contributed by atoms with Gasteiger partial charge < -0.3 is 0 Å². The fourth-order valence-electron chi connectivity index (χ4n) is 2.10. The fraction of sp³-hybridized carbons (Fsp3) is 0. The van der Waals surface area contributed by atoms with Crippen LogP contribution in [0.1, 0.15) is 5.56 Å². The lowest BCUT2D eigenvalue weighted by Crippen LogP contribution is -1.79. The highest BCUT2D eigenvalue weighted by Crippen LogP contribution is 2.25. The van der Waals surface area contributed by atoms with Gasteiger partial charge in [0, 0.05) is 5.56 Å². The van der Waals surface area contributed by atoms with Crippen LogP contribution in [0.5, 0.6) is 0 Å². The van der Waals surface area contributed by atoms with E-state index < -0.39 is 0 Å². The van der Waals surface area contributed by atoms with Gasteiger partial charge in [-0.05, 0) is 33.7 Å². The number of hydrogen-bond acceptors (Lipinski definition) is 0. The van der Waals surface area contributed by atoms with E-state index in [0.29, 0.717) is 0 Å². The van der Waals surface area contributed by atoms with E-state index in [4.69, 9.17) is 6.42 Å². The summed E-state index contributed by atoms with van der Waals surface area (Å²) in [5.74, 6) is 2.67. The van der Waals surface area contributed by atoms with Gasteiger partial charge in [-0.3, -0.25) is 0 Å². The van der Waals surface area contributed by atoms with Crippen molar-refractivity contribution >= 4 is 21.5 Å². The monoisotopic (exact) mass is 202 g/mol. The van der Waals surface area contributed by atoms with E-state index in [1.807, 2.05) is 6.07 Å². The quantitative estimate of drug-likeness (QED) is 0.382. The normalized spacial score (nSPS) is 10.4. The van der Waals surface area contributed by atoms with Gasteiger partial charge in [-0.2, -0.15) is 0 Å². The SMILES string of the molecule is C#Cc1ccc2c(ccc3ccccc32)c1. The van der Waals surface area contributed by atoms with E-state index in [-0.39, 0.29) is 0 Å². The van der Waals surface area contributed by atoms with Gasteiger partial charge in [0.15, 0.2) is 0 Å². The molecule has 0 aliphatic rings. The Labute approximate surface area is 94.5 Å². The third kappa shape index (κ3) is 1.26. The Bertz CT molecular complexity index is 715. The van der Waals surface area contributed by atoms with Crippen molar-refractivity contribution in [1.82, 2.24) is 0 Å². The average Bonchev–Trinajstić information content (AvgIpc) is 2.38. The molecule has 0 unspecified atom stereocenters. The molecule has 0 aromatic heterocycles. The van der Waals surface area contributed by atoms with Crippen LogP contribution in [0.4, 0.5) is 0 Å². The van der Waals surface area contributed by atoms with Crippen molar-refractivity contribution in [2.75, 3.05) is 0 Å². The third-order valence-electron chi connectivity index (χ3n) is 2.91. The van der Waals surface area contributed by atoms with Crippen LogP contribution in [0, 0.1) is 12.3 Å². The summed E-state index contributed by atoms with van der Waals surface area (Å²) in [6.07, 6.45) is 5.40. The summed E-state index contributed by atoms with van der Waals surface area (Å²) in [6.45, 7) is 0. The van der Waals surface area contributed by atoms with Crippen molar-refractivity contribution in [2.24, 2.45) is 0 Å². The van der Waals surface area contributed by atoms with Gasteiger partial charge >= 0.3 is 0 Å². The molecule has 0 aliphatic carbocycles. The number of hydrogen-bond donors (Lipinski definition) is 0. The predicted octanol–water partition coefficient (Wildman–Crippen LogP) is 3.97. The highest BCUT2D eigenvalue weighted by atomic mass is 14.0. The predicted molar refractivity (Wildman–Crippen MR) is 69.4 cm³/mol. The molecule has 0 saturated carbocycles. The summed E-state index contributed by atoms with van der Waals surface area (Å²) < 4.78 is 0. The summed E-state index contributed by atoms with van der Waals surface area (Å²) in [7, 11) is 0. The summed E-state index contributed by atoms with van der Waals surface area (Å²) in [6, 6.07) is 18.8. The van der Waals surface area contributed by atoms with Gasteiger partial charge in [0.2, 0.25) is 0 Å². The van der Waals surface area contributed by atoms with Crippen molar-refractivity contribution in [3.8, 4) is 12.3 Å². The molecule has 16 heavy (non-hydrogen) atoms. The highest BCUT2D eigenvalue weighted by molar-refractivity contribution is 6.07. The van der Waals surface area contributed by atoms with Crippen molar-refractivity contribution in [2.45, 2.75) is 0 Å². The minimum Gasteiger partial charge on any atom is -0.115 e. The molecule has 0 heterocycles. The molecule has 0 radical (unpaired) electrons. The lowest BCUT2D eigenvalue weighted by atomic mass is 10.0. The first-order valence-electron chi connectivity index (χ1n) is 5.26. The van der Waals surface area contributed by atoms with Crippen molar-refractivity contribution in [3.63, 3.8) is 0 Å². The molecule has 3 aromatic rings. The van der Waals surface area contributed by atoms with Crippen molar-refractivity contribution in [3.05, 3.63) is 60.2 Å². The summed E-state index contributed by atoms with van der Waals surface area (Å²) in [5.41, 5.74) is 0.933. The van der Waals surface area contributed by atoms with Crippen LogP contribution in [-0.2, 0) is 0 Å². The molecule has 3 aromatic carbocycles. The Kier molecular flexibility index (Phi) is 1.91. The van der Waals surface area contributed by atoms with Gasteiger partial charge in [-0.25, -0.2) is 0 Å². The first-order chi connectivity index (χ1) is 7.88. The number of benzene rings is 3. The first kappa shape index (κ1) is 9.00. The van der Waals surface area contributed by atoms with Crippen LogP contribution in [0.25, 0.3) is 21.5 Å². The van der Waals surface area contributed by atoms with Gasteiger partial charge in [0.1, 0.15) is 0 Å². The second-order valence-corrected chi connectivity index (χ2v) is 3.87. The van der Waals surface area contributed by atoms with E-state index in [1.165, 1.54) is 21.5 Å². The second kappa shape index (κ2) is 3.40. The van der Waals surface area contributed by atoms with E-state index in [2.05, 4.69) is 54.5 Å². The second-order valence-electron chi connectivity index (χ2n) is 3.87. The lowest BCUT2D eigenvalue weighted by Gasteiger charge is -2.03. The molecule has 74 valence electrons. The van der Waals surface area contributed by atoms with Crippen LogP contribution in [0.15, 0.2) is 54.6 Å². The maximum Gasteiger partial charge on any atom is 0.0248 e. The Morgan fingerprint density at radius 3 is 2.38 bits per heavy atom. The van der Waals surface area contributed by atoms with E-state index in [0.717, 1.165) is 5.56 Å². The smallest absolute Gasteiger partial charge is 0.0248 e. The van der Waals surface area contributed by atoms with Gasteiger partial charge in [0.05, 0.1) is 0 Å². The molecule has 0 saturated heterocycles. The molecule has 0 bridgehead atoms. The van der Waals surface area contributed by atoms with Crippen molar-refractivity contribution < 1.29 is 0 Å². The number of terminal acetylenes is 1. The van der Waals surface area contributed by atoms with Crippen LogP contribution in [-0.4, -0.2) is 0 Å². The minimum absolute atomic E-state index is 0.933. The van der Waals surface area contributed by atoms with Crippen LogP contribution < -0.4 is 0 Å². The largest absolute Gasteiger partial charge is 0.115 e. The maximum atomic E-state index is 5.40. The standard InChI is InChI=1S/C16H10/c1-2-12-7-10-16-14(11-12)9-8-13-5-3-4-6-15(13)16/h1,3-11H. The maximum absolute atomic E-state index is 5.40. The molecule has 0 nitrogen and oxygen atoms in total. The molecule has 0 spiro atoms. The number of rotatable bonds is 0. The van der Waals surface area contributed by atoms with E-state index >= 15 is 0 Å². The van der Waals surface area contributed by atoms with Crippen LogP contribution in [0.3, 0.4) is 0 Å². The molecule has 0 amide bonds. The molecule has 0 atom stereocenters. The highest BCUT2D eigenvalue weighted by Gasteiger charge is 1.99. The summed E-state index contributed by atoms with van der Waals surface area (Å²) in [5, 5.41) is 5.01. The van der Waals surface area contributed by atoms with Gasteiger partial charge in [0.25, 0.3) is 0 Å². The van der Waals surface area contributed by atoms with Crippen molar-refractivity contribution in [1.29, 1.82) is 0 Å². The molecule has 3 rings (SSSR count). The molecular weight excluding hydrogens is 192 g/mol. The molecular formula is C16H10. The molecule has 0 heteroatoms. The minimum atomic E-state index is 0.933. The van der Waals surface area contributed by atoms with E-state index in [1.54, 1.807) is 0 Å². The van der Waals surface area contributed by atoms with Gasteiger partial charge in [-0.1, -0.05) is 48.4 Å². The topological polar surface area (TPSA) is 0 Å². The molecule has 0 aliphatic heterocycles. The number of fused-ring (bicyclic) bond motifs is 3. The Hall–Kier alpha value is -2.26. The van der Waals surface area contributed by atoms with E-state index in [9.17, 15) is 0 Å². The Morgan fingerprint density at radius 1 is 0.750 bits per heavy atom. The Balaban J connectivity index is 2.49. The lowest BCUT2D eigenvalue weighted by molar-refractivity contribution is 1.72. The molecule has 0 N–H and O–H groups in total. The first-order valence-corrected chi connectivity index (χ1v) is 5.26. The fourth-order valence-corrected chi connectivity index (χ4v) is 2.10. The summed E-state index contributed by atoms with van der Waals surface area (Å²) >= 11 is 0.